The quantitative estimate of drug-likeness (QED) is 0.234. The molecule has 0 spiro atoms. The monoisotopic (exact) mass is 588 g/mol. The predicted octanol–water partition coefficient (Wildman–Crippen LogP) is 5.21. The van der Waals surface area contributed by atoms with Crippen LogP contribution in [0.15, 0.2) is 75.7 Å². The van der Waals surface area contributed by atoms with Gasteiger partial charge in [-0.3, -0.25) is 9.80 Å². The second kappa shape index (κ2) is 12.4. The second-order valence-corrected chi connectivity index (χ2v) is 10.5. The van der Waals surface area contributed by atoms with Crippen molar-refractivity contribution in [1.82, 2.24) is 19.9 Å². The molecule has 1 saturated heterocycles. The smallest absolute Gasteiger partial charge is 0.227 e. The lowest BCUT2D eigenvalue weighted by Gasteiger charge is -2.39. The van der Waals surface area contributed by atoms with E-state index in [9.17, 15) is 9.50 Å². The fourth-order valence-electron chi connectivity index (χ4n) is 5.26. The molecule has 2 atom stereocenters. The molecule has 6 rings (SSSR count). The number of ether oxygens (including phenoxy) is 3. The number of methoxy groups -OCH3 is 2. The molecule has 224 valence electrons. The molecule has 1 unspecified atom stereocenters. The van der Waals surface area contributed by atoms with Gasteiger partial charge in [-0.05, 0) is 49.4 Å². The van der Waals surface area contributed by atoms with Crippen LogP contribution >= 0.6 is 0 Å². The molecule has 0 amide bonds. The van der Waals surface area contributed by atoms with Crippen LogP contribution in [0.25, 0.3) is 33.8 Å². The van der Waals surface area contributed by atoms with Crippen molar-refractivity contribution in [3.05, 3.63) is 78.3 Å². The van der Waals surface area contributed by atoms with Crippen molar-refractivity contribution in [3.8, 4) is 40.0 Å². The van der Waals surface area contributed by atoms with Gasteiger partial charge in [-0.15, -0.1) is 0 Å². The Morgan fingerprint density at radius 2 is 1.77 bits per heavy atom. The van der Waals surface area contributed by atoms with Crippen molar-refractivity contribution in [2.75, 3.05) is 40.4 Å². The van der Waals surface area contributed by atoms with Crippen LogP contribution < -0.4 is 14.2 Å². The van der Waals surface area contributed by atoms with Crippen LogP contribution in [0, 0.1) is 5.82 Å². The highest BCUT2D eigenvalue weighted by Gasteiger charge is 2.29. The molecular weight excluding hydrogens is 555 g/mol. The van der Waals surface area contributed by atoms with Gasteiger partial charge < -0.3 is 28.3 Å². The van der Waals surface area contributed by atoms with Gasteiger partial charge in [-0.1, -0.05) is 11.2 Å². The largest absolute Gasteiger partial charge is 0.497 e. The molecule has 0 saturated carbocycles. The predicted molar refractivity (Wildman–Crippen MR) is 157 cm³/mol. The average molecular weight is 589 g/mol. The number of aromatic nitrogens is 2. The van der Waals surface area contributed by atoms with Crippen molar-refractivity contribution in [1.29, 1.82) is 0 Å². The number of piperazine rings is 1. The number of halogens is 1. The highest BCUT2D eigenvalue weighted by Crippen LogP contribution is 2.33. The lowest BCUT2D eigenvalue weighted by atomic mass is 10.1. The van der Waals surface area contributed by atoms with Crippen LogP contribution in [0.2, 0.25) is 0 Å². The molecule has 0 bridgehead atoms. The van der Waals surface area contributed by atoms with Crippen molar-refractivity contribution in [2.45, 2.75) is 25.8 Å². The van der Waals surface area contributed by atoms with Gasteiger partial charge >= 0.3 is 0 Å². The molecule has 3 heterocycles. The summed E-state index contributed by atoms with van der Waals surface area (Å²) in [5.41, 5.74) is 3.23. The van der Waals surface area contributed by atoms with Gasteiger partial charge in [0, 0.05) is 55.5 Å². The number of rotatable bonds is 10. The summed E-state index contributed by atoms with van der Waals surface area (Å²) in [7, 11) is 3.22. The third-order valence-corrected chi connectivity index (χ3v) is 7.49. The maximum absolute atomic E-state index is 13.7. The molecule has 11 heteroatoms. The van der Waals surface area contributed by atoms with E-state index in [0.29, 0.717) is 65.1 Å². The topological polar surface area (TPSA) is 106 Å². The Balaban J connectivity index is 1.08. The molecule has 43 heavy (non-hydrogen) atoms. The highest BCUT2D eigenvalue weighted by atomic mass is 19.1. The van der Waals surface area contributed by atoms with E-state index < -0.39 is 12.3 Å². The summed E-state index contributed by atoms with van der Waals surface area (Å²) < 4.78 is 42.2. The van der Waals surface area contributed by atoms with E-state index in [1.54, 1.807) is 51.5 Å². The van der Waals surface area contributed by atoms with Gasteiger partial charge in [0.15, 0.2) is 17.6 Å². The molecule has 10 nitrogen and oxygen atoms in total. The van der Waals surface area contributed by atoms with Crippen LogP contribution in [0.5, 0.6) is 17.2 Å². The summed E-state index contributed by atoms with van der Waals surface area (Å²) in [5.74, 6) is 2.65. The van der Waals surface area contributed by atoms with Gasteiger partial charge in [0.05, 0.1) is 20.8 Å². The van der Waals surface area contributed by atoms with E-state index in [-0.39, 0.29) is 5.82 Å². The zero-order valence-electron chi connectivity index (χ0n) is 24.2. The second-order valence-electron chi connectivity index (χ2n) is 10.5. The molecule has 2 aromatic heterocycles. The maximum Gasteiger partial charge on any atom is 0.227 e. The van der Waals surface area contributed by atoms with Gasteiger partial charge in [0.25, 0.3) is 0 Å². The number of fused-ring (bicyclic) bond motifs is 1. The van der Waals surface area contributed by atoms with Crippen molar-refractivity contribution >= 4 is 11.1 Å². The van der Waals surface area contributed by atoms with Crippen LogP contribution in [0.1, 0.15) is 12.7 Å². The maximum atomic E-state index is 13.7. The number of nitrogens with zero attached hydrogens (tertiary/aromatic N) is 4. The number of oxazole rings is 1. The number of hydrogen-bond donors (Lipinski definition) is 1. The minimum absolute atomic E-state index is 0.330. The third kappa shape index (κ3) is 6.34. The van der Waals surface area contributed by atoms with Gasteiger partial charge in [0.2, 0.25) is 5.89 Å². The standard InChI is InChI=1S/C32H33FN4O6/c1-20(38)32(41-24-8-10-29-28(16-24)34-31(42-29)21-5-4-6-22(33)15-21)37-13-11-36(12-14-37)19-25-17-27(35-43-25)26-9-7-23(39-2)18-30(26)40-3/h4-10,15-18,20,32,38H,11-14,19H2,1-3H3/t20-,32?/m0/s1. The summed E-state index contributed by atoms with van der Waals surface area (Å²) in [6.07, 6.45) is -1.28. The van der Waals surface area contributed by atoms with Crippen LogP contribution in [0.3, 0.4) is 0 Å². The third-order valence-electron chi connectivity index (χ3n) is 7.49. The first kappa shape index (κ1) is 28.7. The molecule has 1 aliphatic rings. The van der Waals surface area contributed by atoms with E-state index >= 15 is 0 Å². The fourth-order valence-corrected chi connectivity index (χ4v) is 5.26. The summed E-state index contributed by atoms with van der Waals surface area (Å²) >= 11 is 0. The normalized spacial score (nSPS) is 15.8. The van der Waals surface area contributed by atoms with Crippen LogP contribution in [-0.2, 0) is 6.54 Å². The van der Waals surface area contributed by atoms with Crippen molar-refractivity contribution in [2.24, 2.45) is 0 Å². The molecular formula is C32H33FN4O6. The number of hydrogen-bond acceptors (Lipinski definition) is 10. The average Bonchev–Trinajstić information content (AvgIpc) is 3.67. The van der Waals surface area contributed by atoms with E-state index in [2.05, 4.69) is 19.9 Å². The molecule has 0 radical (unpaired) electrons. The van der Waals surface area contributed by atoms with Crippen LogP contribution in [-0.4, -0.2) is 77.8 Å². The summed E-state index contributed by atoms with van der Waals surface area (Å²) in [4.78, 5) is 8.92. The Morgan fingerprint density at radius 3 is 2.51 bits per heavy atom. The summed E-state index contributed by atoms with van der Waals surface area (Å²) in [5, 5.41) is 14.9. The fraction of sp³-hybridized carbons (Fsp3) is 0.312. The summed E-state index contributed by atoms with van der Waals surface area (Å²) in [6.45, 7) is 5.23. The lowest BCUT2D eigenvalue weighted by molar-refractivity contribution is -0.0756. The molecule has 1 fully saturated rings. The first-order valence-corrected chi connectivity index (χ1v) is 14.1. The van der Waals surface area contributed by atoms with E-state index in [1.807, 2.05) is 24.3 Å². The lowest BCUT2D eigenvalue weighted by Crippen LogP contribution is -2.55. The van der Waals surface area contributed by atoms with Gasteiger partial charge in [-0.25, -0.2) is 9.37 Å². The van der Waals surface area contributed by atoms with Crippen molar-refractivity contribution in [3.63, 3.8) is 0 Å². The van der Waals surface area contributed by atoms with E-state index in [1.165, 1.54) is 12.1 Å². The first-order valence-electron chi connectivity index (χ1n) is 14.1. The molecule has 1 aliphatic heterocycles. The molecule has 1 N–H and O–H groups in total. The molecule has 0 aliphatic carbocycles. The van der Waals surface area contributed by atoms with Crippen LogP contribution in [0.4, 0.5) is 4.39 Å². The molecule has 3 aromatic carbocycles. The Bertz CT molecular complexity index is 1690. The summed E-state index contributed by atoms with van der Waals surface area (Å²) in [6, 6.07) is 18.9. The SMILES string of the molecule is COc1ccc(-c2cc(CN3CCN(C(Oc4ccc5oc(-c6cccc(F)c6)nc5c4)[C@H](C)O)CC3)on2)c(OC)c1. The number of benzene rings is 3. The number of aliphatic hydroxyl groups is 1. The Labute approximate surface area is 248 Å². The first-order chi connectivity index (χ1) is 20.9. The minimum Gasteiger partial charge on any atom is -0.497 e. The number of aliphatic hydroxyl groups excluding tert-OH is 1. The minimum atomic E-state index is -0.737. The van der Waals surface area contributed by atoms with E-state index in [4.69, 9.17) is 23.2 Å². The highest BCUT2D eigenvalue weighted by molar-refractivity contribution is 5.77. The zero-order valence-corrected chi connectivity index (χ0v) is 24.2. The van der Waals surface area contributed by atoms with Gasteiger partial charge in [0.1, 0.15) is 40.4 Å². The Hall–Kier alpha value is -4.45. The van der Waals surface area contributed by atoms with Gasteiger partial charge in [-0.2, -0.15) is 0 Å². The zero-order chi connectivity index (χ0) is 29.9. The Kier molecular flexibility index (Phi) is 8.28. The Morgan fingerprint density at radius 1 is 0.953 bits per heavy atom. The van der Waals surface area contributed by atoms with E-state index in [0.717, 1.165) is 24.4 Å². The molecule has 5 aromatic rings. The van der Waals surface area contributed by atoms with Crippen molar-refractivity contribution < 1.29 is 32.6 Å².